The first-order chi connectivity index (χ1) is 28.0. The standard InChI is InChI=1S/C55H60O2/c1-5-7-9-11-13-21-31-56-53-37-48-47-33-39(3)40(4)34-49(47)55(52(48)38-54(53)57-32-22-14-12-10-8-6-2)50-35-43(41-23-17-15-18-24-41)27-29-45(50)46-30-28-44(36-51(46)55)42-25-19-16-20-26-42/h15-20,23-30,33-38H,5-14,21-22,31-32H2,1-4H3. The minimum absolute atomic E-state index is 0.528. The van der Waals surface area contributed by atoms with Crippen LogP contribution in [0.1, 0.15) is 124 Å². The average molecular weight is 753 g/mol. The van der Waals surface area contributed by atoms with Gasteiger partial charge in [-0.15, -0.1) is 0 Å². The zero-order valence-corrected chi connectivity index (χ0v) is 34.8. The summed E-state index contributed by atoms with van der Waals surface area (Å²) in [5.41, 5.74) is 17.5. The van der Waals surface area contributed by atoms with E-state index in [0.29, 0.717) is 13.2 Å². The summed E-state index contributed by atoms with van der Waals surface area (Å²) in [6, 6.07) is 45.7. The van der Waals surface area contributed by atoms with Crippen molar-refractivity contribution < 1.29 is 9.47 Å². The van der Waals surface area contributed by atoms with E-state index in [0.717, 1.165) is 24.3 Å². The van der Waals surface area contributed by atoms with Crippen LogP contribution in [-0.4, -0.2) is 13.2 Å². The first-order valence-corrected chi connectivity index (χ1v) is 22.0. The molecular weight excluding hydrogens is 693 g/mol. The fraction of sp³-hybridized carbons (Fsp3) is 0.345. The maximum Gasteiger partial charge on any atom is 0.161 e. The zero-order valence-electron chi connectivity index (χ0n) is 34.8. The van der Waals surface area contributed by atoms with E-state index < -0.39 is 5.41 Å². The van der Waals surface area contributed by atoms with Crippen molar-refractivity contribution in [1.29, 1.82) is 0 Å². The topological polar surface area (TPSA) is 18.5 Å². The third-order valence-corrected chi connectivity index (χ3v) is 12.7. The van der Waals surface area contributed by atoms with Gasteiger partial charge in [0.2, 0.25) is 0 Å². The number of rotatable bonds is 18. The van der Waals surface area contributed by atoms with Gasteiger partial charge in [-0.05, 0) is 129 Å². The Labute approximate surface area is 342 Å². The van der Waals surface area contributed by atoms with Crippen LogP contribution < -0.4 is 9.47 Å². The normalized spacial score (nSPS) is 13.0. The Morgan fingerprint density at radius 2 is 0.789 bits per heavy atom. The van der Waals surface area contributed by atoms with Crippen LogP contribution in [0.4, 0.5) is 0 Å². The predicted molar refractivity (Wildman–Crippen MR) is 241 cm³/mol. The predicted octanol–water partition coefficient (Wildman–Crippen LogP) is 15.5. The minimum atomic E-state index is -0.528. The summed E-state index contributed by atoms with van der Waals surface area (Å²) in [6.07, 6.45) is 14.8. The molecule has 0 fully saturated rings. The number of aryl methyl sites for hydroxylation is 2. The summed E-state index contributed by atoms with van der Waals surface area (Å²) in [4.78, 5) is 0. The van der Waals surface area contributed by atoms with Crippen LogP contribution in [0.2, 0.25) is 0 Å². The van der Waals surface area contributed by atoms with E-state index >= 15 is 0 Å². The van der Waals surface area contributed by atoms with Gasteiger partial charge >= 0.3 is 0 Å². The summed E-state index contributed by atoms with van der Waals surface area (Å²) >= 11 is 0. The van der Waals surface area contributed by atoms with Gasteiger partial charge in [0, 0.05) is 0 Å². The fourth-order valence-corrected chi connectivity index (χ4v) is 9.47. The van der Waals surface area contributed by atoms with Crippen molar-refractivity contribution >= 4 is 0 Å². The van der Waals surface area contributed by atoms with E-state index in [1.165, 1.54) is 142 Å². The first-order valence-electron chi connectivity index (χ1n) is 22.0. The maximum atomic E-state index is 6.87. The highest BCUT2D eigenvalue weighted by Gasteiger charge is 2.52. The molecule has 2 heteroatoms. The van der Waals surface area contributed by atoms with Gasteiger partial charge in [0.1, 0.15) is 0 Å². The summed E-state index contributed by atoms with van der Waals surface area (Å²) in [5.74, 6) is 1.76. The number of fused-ring (bicyclic) bond motifs is 10. The molecule has 0 heterocycles. The van der Waals surface area contributed by atoms with Crippen molar-refractivity contribution in [2.75, 3.05) is 13.2 Å². The third-order valence-electron chi connectivity index (χ3n) is 12.7. The molecule has 0 bridgehead atoms. The van der Waals surface area contributed by atoms with Crippen molar-refractivity contribution in [2.24, 2.45) is 0 Å². The molecule has 0 aromatic heterocycles. The fourth-order valence-electron chi connectivity index (χ4n) is 9.47. The van der Waals surface area contributed by atoms with E-state index in [1.54, 1.807) is 0 Å². The molecule has 292 valence electrons. The monoisotopic (exact) mass is 752 g/mol. The molecular formula is C55H60O2. The first kappa shape index (κ1) is 38.8. The Balaban J connectivity index is 1.31. The lowest BCUT2D eigenvalue weighted by atomic mass is 9.69. The second-order valence-electron chi connectivity index (χ2n) is 16.6. The van der Waals surface area contributed by atoms with E-state index in [9.17, 15) is 0 Å². The molecule has 2 nitrogen and oxygen atoms in total. The van der Waals surface area contributed by atoms with Crippen molar-refractivity contribution in [3.63, 3.8) is 0 Å². The van der Waals surface area contributed by atoms with E-state index in [4.69, 9.17) is 9.47 Å². The van der Waals surface area contributed by atoms with Crippen molar-refractivity contribution in [1.82, 2.24) is 0 Å². The number of unbranched alkanes of at least 4 members (excludes halogenated alkanes) is 10. The lowest BCUT2D eigenvalue weighted by Crippen LogP contribution is -2.26. The van der Waals surface area contributed by atoms with Gasteiger partial charge in [0.25, 0.3) is 0 Å². The van der Waals surface area contributed by atoms with Crippen LogP contribution in [0, 0.1) is 13.8 Å². The molecule has 0 unspecified atom stereocenters. The highest BCUT2D eigenvalue weighted by Crippen LogP contribution is 2.65. The lowest BCUT2D eigenvalue weighted by Gasteiger charge is -2.32. The van der Waals surface area contributed by atoms with E-state index in [-0.39, 0.29) is 0 Å². The molecule has 0 aliphatic heterocycles. The largest absolute Gasteiger partial charge is 0.490 e. The molecule has 6 aromatic rings. The summed E-state index contributed by atoms with van der Waals surface area (Å²) in [6.45, 7) is 10.5. The summed E-state index contributed by atoms with van der Waals surface area (Å²) in [5, 5.41) is 0. The quantitative estimate of drug-likeness (QED) is 0.0813. The van der Waals surface area contributed by atoms with Crippen LogP contribution in [0.25, 0.3) is 44.5 Å². The van der Waals surface area contributed by atoms with Gasteiger partial charge in [0.15, 0.2) is 11.5 Å². The summed E-state index contributed by atoms with van der Waals surface area (Å²) < 4.78 is 13.6. The SMILES string of the molecule is CCCCCCCCOc1cc2c(cc1OCCCCCCCC)C1(c3cc(-c4ccccc4)ccc3-c3ccc(-c4ccccc4)cc31)c1cc(C)c(C)cc1-2. The minimum Gasteiger partial charge on any atom is -0.490 e. The number of hydrogen-bond acceptors (Lipinski definition) is 2. The molecule has 2 aliphatic rings. The molecule has 0 saturated heterocycles. The van der Waals surface area contributed by atoms with Crippen molar-refractivity contribution in [3.05, 3.63) is 155 Å². The molecule has 0 N–H and O–H groups in total. The lowest BCUT2D eigenvalue weighted by molar-refractivity contribution is 0.258. The highest BCUT2D eigenvalue weighted by molar-refractivity contribution is 5.97. The molecule has 2 aliphatic carbocycles. The van der Waals surface area contributed by atoms with Crippen LogP contribution in [0.3, 0.4) is 0 Å². The Kier molecular flexibility index (Phi) is 12.0. The van der Waals surface area contributed by atoms with E-state index in [1.807, 2.05) is 0 Å². The average Bonchev–Trinajstić information content (AvgIpc) is 3.68. The number of hydrogen-bond donors (Lipinski definition) is 0. The molecule has 1 spiro atoms. The Morgan fingerprint density at radius 3 is 1.32 bits per heavy atom. The molecule has 0 atom stereocenters. The summed E-state index contributed by atoms with van der Waals surface area (Å²) in [7, 11) is 0. The van der Waals surface area contributed by atoms with Gasteiger partial charge < -0.3 is 9.47 Å². The van der Waals surface area contributed by atoms with Crippen molar-refractivity contribution in [2.45, 2.75) is 110 Å². The smallest absolute Gasteiger partial charge is 0.161 e. The molecule has 0 saturated carbocycles. The third kappa shape index (κ3) is 7.56. The Bertz CT molecular complexity index is 2210. The van der Waals surface area contributed by atoms with Crippen LogP contribution in [0.15, 0.2) is 121 Å². The second kappa shape index (κ2) is 17.6. The van der Waals surface area contributed by atoms with E-state index in [2.05, 4.69) is 149 Å². The molecule has 6 aromatic carbocycles. The van der Waals surface area contributed by atoms with Crippen LogP contribution in [0.5, 0.6) is 11.5 Å². The molecule has 57 heavy (non-hydrogen) atoms. The van der Waals surface area contributed by atoms with Gasteiger partial charge in [-0.25, -0.2) is 0 Å². The number of ether oxygens (including phenoxy) is 2. The van der Waals surface area contributed by atoms with Crippen LogP contribution >= 0.6 is 0 Å². The molecule has 8 rings (SSSR count). The maximum absolute atomic E-state index is 6.87. The van der Waals surface area contributed by atoms with Gasteiger partial charge in [-0.3, -0.25) is 0 Å². The zero-order chi connectivity index (χ0) is 39.2. The Hall–Kier alpha value is -5.08. The molecule has 0 radical (unpaired) electrons. The number of benzene rings is 6. The second-order valence-corrected chi connectivity index (χ2v) is 16.6. The van der Waals surface area contributed by atoms with Gasteiger partial charge in [0.05, 0.1) is 18.6 Å². The Morgan fingerprint density at radius 1 is 0.368 bits per heavy atom. The van der Waals surface area contributed by atoms with Gasteiger partial charge in [-0.2, -0.15) is 0 Å². The van der Waals surface area contributed by atoms with Crippen LogP contribution in [-0.2, 0) is 5.41 Å². The van der Waals surface area contributed by atoms with Crippen molar-refractivity contribution in [3.8, 4) is 56.0 Å². The highest BCUT2D eigenvalue weighted by atomic mass is 16.5. The van der Waals surface area contributed by atoms with Gasteiger partial charge in [-0.1, -0.05) is 175 Å². The molecule has 0 amide bonds.